The molecule has 0 aliphatic carbocycles. The summed E-state index contributed by atoms with van der Waals surface area (Å²) in [6.45, 7) is 2.44. The highest BCUT2D eigenvalue weighted by Gasteiger charge is 2.22. The summed E-state index contributed by atoms with van der Waals surface area (Å²) in [6.07, 6.45) is 2.00. The van der Waals surface area contributed by atoms with Crippen molar-refractivity contribution in [2.75, 3.05) is 6.61 Å². The molecule has 3 heteroatoms. The SMILES string of the molecule is Cc1cccc(C2C=C(C(=O)C=O)OC2)c1. The van der Waals surface area contributed by atoms with E-state index in [-0.39, 0.29) is 18.0 Å². The first kappa shape index (κ1) is 10.6. The van der Waals surface area contributed by atoms with Gasteiger partial charge >= 0.3 is 0 Å². The van der Waals surface area contributed by atoms with Gasteiger partial charge in [-0.2, -0.15) is 0 Å². The highest BCUT2D eigenvalue weighted by Crippen LogP contribution is 2.26. The number of ketones is 1. The zero-order valence-electron chi connectivity index (χ0n) is 8.97. The highest BCUT2D eigenvalue weighted by atomic mass is 16.5. The van der Waals surface area contributed by atoms with Crippen molar-refractivity contribution in [1.29, 1.82) is 0 Å². The molecule has 1 aromatic rings. The smallest absolute Gasteiger partial charge is 0.259 e. The van der Waals surface area contributed by atoms with Gasteiger partial charge in [0.05, 0.1) is 6.61 Å². The van der Waals surface area contributed by atoms with Crippen molar-refractivity contribution in [3.05, 3.63) is 47.2 Å². The zero-order valence-corrected chi connectivity index (χ0v) is 8.97. The van der Waals surface area contributed by atoms with Crippen molar-refractivity contribution < 1.29 is 14.3 Å². The molecule has 16 heavy (non-hydrogen) atoms. The lowest BCUT2D eigenvalue weighted by Crippen LogP contribution is -2.03. The molecule has 0 fully saturated rings. The van der Waals surface area contributed by atoms with Crippen LogP contribution in [-0.4, -0.2) is 18.7 Å². The minimum absolute atomic E-state index is 0.0683. The fraction of sp³-hybridized carbons (Fsp3) is 0.231. The lowest BCUT2D eigenvalue weighted by Gasteiger charge is -2.06. The summed E-state index contributed by atoms with van der Waals surface area (Å²) in [7, 11) is 0. The number of carbonyl (C=O) groups is 2. The number of rotatable bonds is 3. The maximum absolute atomic E-state index is 11.1. The van der Waals surface area contributed by atoms with Crippen LogP contribution in [0, 0.1) is 6.92 Å². The monoisotopic (exact) mass is 216 g/mol. The predicted molar refractivity (Wildman–Crippen MR) is 59.0 cm³/mol. The van der Waals surface area contributed by atoms with Gasteiger partial charge < -0.3 is 4.74 Å². The molecule has 1 aliphatic heterocycles. The van der Waals surface area contributed by atoms with Crippen molar-refractivity contribution in [1.82, 2.24) is 0 Å². The molecule has 0 saturated carbocycles. The Hall–Kier alpha value is -1.90. The second kappa shape index (κ2) is 4.31. The molecule has 0 bridgehead atoms. The van der Waals surface area contributed by atoms with Crippen LogP contribution in [0.15, 0.2) is 36.1 Å². The normalized spacial score (nSPS) is 18.8. The van der Waals surface area contributed by atoms with Crippen molar-refractivity contribution >= 4 is 12.1 Å². The summed E-state index contributed by atoms with van der Waals surface area (Å²) >= 11 is 0. The molecule has 1 heterocycles. The van der Waals surface area contributed by atoms with Crippen LogP contribution in [0.25, 0.3) is 0 Å². The predicted octanol–water partition coefficient (Wildman–Crippen LogP) is 1.76. The van der Waals surface area contributed by atoms with Crippen LogP contribution in [0.5, 0.6) is 0 Å². The first-order valence-electron chi connectivity index (χ1n) is 5.11. The standard InChI is InChI=1S/C13H12O3/c1-9-3-2-4-10(5-9)11-6-13(16-8-11)12(15)7-14/h2-7,11H,8H2,1H3. The number of allylic oxidation sites excluding steroid dienone is 1. The lowest BCUT2D eigenvalue weighted by atomic mass is 9.98. The third kappa shape index (κ3) is 2.03. The third-order valence-electron chi connectivity index (χ3n) is 2.59. The van der Waals surface area contributed by atoms with Gasteiger partial charge in [0.1, 0.15) is 0 Å². The Morgan fingerprint density at radius 1 is 1.50 bits per heavy atom. The quantitative estimate of drug-likeness (QED) is 0.571. The van der Waals surface area contributed by atoms with Crippen LogP contribution in [0.3, 0.4) is 0 Å². The molecule has 0 N–H and O–H groups in total. The first-order valence-corrected chi connectivity index (χ1v) is 5.11. The topological polar surface area (TPSA) is 43.4 Å². The number of benzene rings is 1. The van der Waals surface area contributed by atoms with E-state index in [1.807, 2.05) is 25.1 Å². The number of Topliss-reactive ketones (excluding diaryl/α,β-unsaturated/α-hetero) is 1. The van der Waals surface area contributed by atoms with Gasteiger partial charge in [-0.1, -0.05) is 29.8 Å². The molecule has 0 saturated heterocycles. The average Bonchev–Trinajstić information content (AvgIpc) is 2.77. The van der Waals surface area contributed by atoms with Crippen molar-refractivity contribution in [2.24, 2.45) is 0 Å². The number of aldehydes is 1. The van der Waals surface area contributed by atoms with Crippen LogP contribution in [0.2, 0.25) is 0 Å². The molecule has 0 amide bonds. The molecule has 0 aromatic heterocycles. The van der Waals surface area contributed by atoms with Crippen LogP contribution in [-0.2, 0) is 14.3 Å². The molecular formula is C13H12O3. The van der Waals surface area contributed by atoms with E-state index in [0.29, 0.717) is 6.61 Å². The van der Waals surface area contributed by atoms with E-state index in [0.717, 1.165) is 5.56 Å². The van der Waals surface area contributed by atoms with E-state index in [1.165, 1.54) is 5.56 Å². The van der Waals surface area contributed by atoms with E-state index >= 15 is 0 Å². The van der Waals surface area contributed by atoms with Gasteiger partial charge in [0.2, 0.25) is 0 Å². The number of aryl methyl sites for hydroxylation is 1. The van der Waals surface area contributed by atoms with E-state index in [1.54, 1.807) is 6.08 Å². The van der Waals surface area contributed by atoms with Crippen molar-refractivity contribution in [3.63, 3.8) is 0 Å². The van der Waals surface area contributed by atoms with Gasteiger partial charge in [-0.15, -0.1) is 0 Å². The second-order valence-corrected chi connectivity index (χ2v) is 3.84. The molecular weight excluding hydrogens is 204 g/mol. The molecule has 0 radical (unpaired) electrons. The number of carbonyl (C=O) groups excluding carboxylic acids is 2. The lowest BCUT2D eigenvalue weighted by molar-refractivity contribution is -0.129. The minimum atomic E-state index is -0.588. The van der Waals surface area contributed by atoms with E-state index in [9.17, 15) is 9.59 Å². The van der Waals surface area contributed by atoms with Crippen molar-refractivity contribution in [2.45, 2.75) is 12.8 Å². The van der Waals surface area contributed by atoms with Crippen LogP contribution in [0.4, 0.5) is 0 Å². The average molecular weight is 216 g/mol. The molecule has 3 nitrogen and oxygen atoms in total. The molecule has 1 aliphatic rings. The third-order valence-corrected chi connectivity index (χ3v) is 2.59. The Labute approximate surface area is 93.7 Å². The number of ether oxygens (including phenoxy) is 1. The second-order valence-electron chi connectivity index (χ2n) is 3.84. The minimum Gasteiger partial charge on any atom is -0.489 e. The maximum Gasteiger partial charge on any atom is 0.259 e. The Kier molecular flexibility index (Phi) is 2.86. The summed E-state index contributed by atoms with van der Waals surface area (Å²) in [5.74, 6) is -0.351. The summed E-state index contributed by atoms with van der Waals surface area (Å²) in [5.41, 5.74) is 2.27. The molecule has 2 rings (SSSR count). The van der Waals surface area contributed by atoms with E-state index in [2.05, 4.69) is 6.07 Å². The summed E-state index contributed by atoms with van der Waals surface area (Å²) in [6, 6.07) is 8.03. The fourth-order valence-corrected chi connectivity index (χ4v) is 1.76. The zero-order chi connectivity index (χ0) is 11.5. The summed E-state index contributed by atoms with van der Waals surface area (Å²) in [4.78, 5) is 21.4. The van der Waals surface area contributed by atoms with Gasteiger partial charge in [0.25, 0.3) is 5.78 Å². The van der Waals surface area contributed by atoms with Crippen LogP contribution in [0.1, 0.15) is 17.0 Å². The Balaban J connectivity index is 2.22. The first-order chi connectivity index (χ1) is 7.70. The summed E-state index contributed by atoms with van der Waals surface area (Å²) in [5, 5.41) is 0. The molecule has 1 atom stereocenters. The van der Waals surface area contributed by atoms with Gasteiger partial charge in [0, 0.05) is 5.92 Å². The van der Waals surface area contributed by atoms with Crippen LogP contribution < -0.4 is 0 Å². The number of hydrogen-bond acceptors (Lipinski definition) is 3. The van der Waals surface area contributed by atoms with Crippen LogP contribution >= 0.6 is 0 Å². The van der Waals surface area contributed by atoms with E-state index < -0.39 is 5.78 Å². The fourth-order valence-electron chi connectivity index (χ4n) is 1.76. The molecule has 1 aromatic carbocycles. The maximum atomic E-state index is 11.1. The van der Waals surface area contributed by atoms with E-state index in [4.69, 9.17) is 4.74 Å². The highest BCUT2D eigenvalue weighted by molar-refractivity contribution is 6.32. The molecule has 0 spiro atoms. The Bertz CT molecular complexity index is 460. The van der Waals surface area contributed by atoms with Gasteiger partial charge in [-0.25, -0.2) is 0 Å². The Morgan fingerprint density at radius 2 is 2.31 bits per heavy atom. The van der Waals surface area contributed by atoms with Gasteiger partial charge in [-0.3, -0.25) is 9.59 Å². The van der Waals surface area contributed by atoms with Gasteiger partial charge in [-0.05, 0) is 18.6 Å². The number of hydrogen-bond donors (Lipinski definition) is 0. The largest absolute Gasteiger partial charge is 0.489 e. The van der Waals surface area contributed by atoms with Gasteiger partial charge in [0.15, 0.2) is 12.0 Å². The molecule has 1 unspecified atom stereocenters. The summed E-state index contributed by atoms with van der Waals surface area (Å²) < 4.78 is 5.19. The molecule has 82 valence electrons. The van der Waals surface area contributed by atoms with Crippen molar-refractivity contribution in [3.8, 4) is 0 Å². The Morgan fingerprint density at radius 3 is 3.00 bits per heavy atom.